The van der Waals surface area contributed by atoms with E-state index in [2.05, 4.69) is 0 Å². The Morgan fingerprint density at radius 2 is 2.17 bits per heavy atom. The lowest BCUT2D eigenvalue weighted by Gasteiger charge is -2.09. The molecule has 1 aliphatic rings. The van der Waals surface area contributed by atoms with Crippen molar-refractivity contribution in [1.29, 1.82) is 5.26 Å². The summed E-state index contributed by atoms with van der Waals surface area (Å²) in [5.74, 6) is 0.394. The van der Waals surface area contributed by atoms with Crippen LogP contribution in [0.15, 0.2) is 34.0 Å². The molecule has 0 N–H and O–H groups in total. The zero-order valence-electron chi connectivity index (χ0n) is 13.1. The molecule has 7 nitrogen and oxygen atoms in total. The summed E-state index contributed by atoms with van der Waals surface area (Å²) in [6.07, 6.45) is 1.95. The van der Waals surface area contributed by atoms with Gasteiger partial charge in [0.05, 0.1) is 13.2 Å². The number of aryl methyl sites for hydroxylation is 1. The lowest BCUT2D eigenvalue weighted by atomic mass is 10.1. The monoisotopic (exact) mass is 325 g/mol. The fraction of sp³-hybridized carbons (Fsp3) is 0.294. The van der Waals surface area contributed by atoms with E-state index in [9.17, 15) is 14.4 Å². The minimum Gasteiger partial charge on any atom is -0.493 e. The van der Waals surface area contributed by atoms with Gasteiger partial charge in [-0.15, -0.1) is 0 Å². The Balaban J connectivity index is 1.99. The Hall–Kier alpha value is -3.14. The fourth-order valence-electron chi connectivity index (χ4n) is 2.69. The third-order valence-electron chi connectivity index (χ3n) is 4.01. The van der Waals surface area contributed by atoms with Crippen LogP contribution in [0.3, 0.4) is 0 Å². The Morgan fingerprint density at radius 1 is 1.38 bits per heavy atom. The van der Waals surface area contributed by atoms with Crippen molar-refractivity contribution >= 4 is 5.78 Å². The lowest BCUT2D eigenvalue weighted by molar-refractivity contribution is 0.0968. The molecule has 122 valence electrons. The van der Waals surface area contributed by atoms with Gasteiger partial charge < -0.3 is 4.74 Å². The SMILES string of the molecule is CCn1cc(C#N)c(=O)n(CC(=O)c2ccc3c(c2)CCO3)c1=O. The molecule has 0 amide bonds. The highest BCUT2D eigenvalue weighted by Crippen LogP contribution is 2.26. The Morgan fingerprint density at radius 3 is 2.88 bits per heavy atom. The van der Waals surface area contributed by atoms with Gasteiger partial charge in [-0.05, 0) is 30.7 Å². The molecule has 1 aromatic heterocycles. The molecule has 0 saturated heterocycles. The molecule has 2 aromatic rings. The van der Waals surface area contributed by atoms with Crippen LogP contribution in [-0.2, 0) is 19.5 Å². The van der Waals surface area contributed by atoms with E-state index in [0.29, 0.717) is 18.7 Å². The van der Waals surface area contributed by atoms with Gasteiger partial charge in [-0.2, -0.15) is 5.26 Å². The standard InChI is InChI=1S/C17H15N3O4/c1-2-19-9-13(8-18)16(22)20(17(19)23)10-14(21)11-3-4-15-12(7-11)5-6-24-15/h3-4,7,9H,2,5-6,10H2,1H3. The maximum Gasteiger partial charge on any atom is 0.331 e. The maximum absolute atomic E-state index is 12.5. The highest BCUT2D eigenvalue weighted by molar-refractivity contribution is 5.96. The van der Waals surface area contributed by atoms with Crippen LogP contribution in [0.1, 0.15) is 28.4 Å². The van der Waals surface area contributed by atoms with Gasteiger partial charge in [0.25, 0.3) is 5.56 Å². The highest BCUT2D eigenvalue weighted by atomic mass is 16.5. The van der Waals surface area contributed by atoms with Gasteiger partial charge in [-0.1, -0.05) is 0 Å². The van der Waals surface area contributed by atoms with Gasteiger partial charge in [0.1, 0.15) is 17.4 Å². The van der Waals surface area contributed by atoms with E-state index in [1.807, 2.05) is 0 Å². The minimum atomic E-state index is -0.745. The molecule has 24 heavy (non-hydrogen) atoms. The van der Waals surface area contributed by atoms with Crippen molar-refractivity contribution in [3.63, 3.8) is 0 Å². The Kier molecular flexibility index (Phi) is 4.04. The van der Waals surface area contributed by atoms with Crippen molar-refractivity contribution in [2.45, 2.75) is 26.4 Å². The number of carbonyl (C=O) groups excluding carboxylic acids is 1. The average molecular weight is 325 g/mol. The summed E-state index contributed by atoms with van der Waals surface area (Å²) in [5, 5.41) is 9.03. The van der Waals surface area contributed by atoms with Crippen molar-refractivity contribution in [3.05, 3.63) is 61.9 Å². The topological polar surface area (TPSA) is 94.1 Å². The molecule has 1 aliphatic heterocycles. The summed E-state index contributed by atoms with van der Waals surface area (Å²) >= 11 is 0. The normalized spacial score (nSPS) is 12.3. The second kappa shape index (κ2) is 6.16. The highest BCUT2D eigenvalue weighted by Gasteiger charge is 2.18. The number of nitrogens with zero attached hydrogens (tertiary/aromatic N) is 3. The second-order valence-electron chi connectivity index (χ2n) is 5.46. The molecule has 0 saturated carbocycles. The number of hydrogen-bond acceptors (Lipinski definition) is 5. The molecule has 0 radical (unpaired) electrons. The molecule has 0 atom stereocenters. The Labute approximate surface area is 137 Å². The number of fused-ring (bicyclic) bond motifs is 1. The van der Waals surface area contributed by atoms with Crippen molar-refractivity contribution in [3.8, 4) is 11.8 Å². The van der Waals surface area contributed by atoms with Gasteiger partial charge in [0.15, 0.2) is 5.78 Å². The van der Waals surface area contributed by atoms with E-state index >= 15 is 0 Å². The van der Waals surface area contributed by atoms with Gasteiger partial charge in [0, 0.05) is 24.7 Å². The summed E-state index contributed by atoms with van der Waals surface area (Å²) in [5.41, 5.74) is -0.156. The van der Waals surface area contributed by atoms with E-state index < -0.39 is 17.8 Å². The van der Waals surface area contributed by atoms with E-state index in [1.54, 1.807) is 31.2 Å². The number of aromatic nitrogens is 2. The first-order valence-corrected chi connectivity index (χ1v) is 7.58. The number of Topliss-reactive ketones (excluding diaryl/α,β-unsaturated/α-hetero) is 1. The fourth-order valence-corrected chi connectivity index (χ4v) is 2.69. The average Bonchev–Trinajstić information content (AvgIpc) is 3.06. The van der Waals surface area contributed by atoms with Crippen LogP contribution in [0, 0.1) is 11.3 Å². The second-order valence-corrected chi connectivity index (χ2v) is 5.46. The summed E-state index contributed by atoms with van der Waals surface area (Å²) < 4.78 is 7.45. The molecule has 0 fully saturated rings. The van der Waals surface area contributed by atoms with E-state index in [-0.39, 0.29) is 11.3 Å². The molecule has 1 aromatic carbocycles. The summed E-state index contributed by atoms with van der Waals surface area (Å²) in [6, 6.07) is 6.82. The van der Waals surface area contributed by atoms with Crippen LogP contribution in [0.4, 0.5) is 0 Å². The first kappa shape index (κ1) is 15.7. The van der Waals surface area contributed by atoms with Crippen LogP contribution in [0.5, 0.6) is 5.75 Å². The summed E-state index contributed by atoms with van der Waals surface area (Å²) in [6.45, 7) is 2.21. The van der Waals surface area contributed by atoms with Crippen molar-refractivity contribution in [1.82, 2.24) is 9.13 Å². The minimum absolute atomic E-state index is 0.161. The van der Waals surface area contributed by atoms with Crippen molar-refractivity contribution in [2.75, 3.05) is 6.61 Å². The Bertz CT molecular complexity index is 979. The first-order valence-electron chi connectivity index (χ1n) is 7.58. The molecular weight excluding hydrogens is 310 g/mol. The quantitative estimate of drug-likeness (QED) is 0.772. The van der Waals surface area contributed by atoms with Crippen LogP contribution in [0.25, 0.3) is 0 Å². The number of rotatable bonds is 4. The first-order chi connectivity index (χ1) is 11.5. The number of nitriles is 1. The lowest BCUT2D eigenvalue weighted by Crippen LogP contribution is -2.42. The van der Waals surface area contributed by atoms with Crippen LogP contribution < -0.4 is 16.0 Å². The molecule has 0 unspecified atom stereocenters. The number of ether oxygens (including phenoxy) is 1. The van der Waals surface area contributed by atoms with Crippen molar-refractivity contribution in [2.24, 2.45) is 0 Å². The summed E-state index contributed by atoms with van der Waals surface area (Å²) in [7, 11) is 0. The maximum atomic E-state index is 12.5. The van der Waals surface area contributed by atoms with Crippen molar-refractivity contribution < 1.29 is 9.53 Å². The zero-order chi connectivity index (χ0) is 17.3. The third kappa shape index (κ3) is 2.63. The zero-order valence-corrected chi connectivity index (χ0v) is 13.1. The van der Waals surface area contributed by atoms with E-state index in [1.165, 1.54) is 10.8 Å². The van der Waals surface area contributed by atoms with Gasteiger partial charge >= 0.3 is 5.69 Å². The molecule has 0 aliphatic carbocycles. The molecular formula is C17H15N3O4. The number of hydrogen-bond donors (Lipinski definition) is 0. The molecule has 7 heteroatoms. The smallest absolute Gasteiger partial charge is 0.331 e. The van der Waals surface area contributed by atoms with Gasteiger partial charge in [-0.3, -0.25) is 18.7 Å². The summed E-state index contributed by atoms with van der Waals surface area (Å²) in [4.78, 5) is 37.0. The van der Waals surface area contributed by atoms with E-state index in [4.69, 9.17) is 10.00 Å². The number of benzene rings is 1. The number of ketones is 1. The van der Waals surface area contributed by atoms with Gasteiger partial charge in [0.2, 0.25) is 0 Å². The number of carbonyl (C=O) groups is 1. The van der Waals surface area contributed by atoms with Gasteiger partial charge in [-0.25, -0.2) is 4.79 Å². The van der Waals surface area contributed by atoms with Crippen LogP contribution in [0.2, 0.25) is 0 Å². The molecule has 2 heterocycles. The predicted octanol–water partition coefficient (Wildman–Crippen LogP) is 0.719. The molecule has 0 spiro atoms. The largest absolute Gasteiger partial charge is 0.493 e. The van der Waals surface area contributed by atoms with Crippen LogP contribution in [-0.4, -0.2) is 21.5 Å². The predicted molar refractivity (Wildman–Crippen MR) is 85.3 cm³/mol. The molecule has 0 bridgehead atoms. The third-order valence-corrected chi connectivity index (χ3v) is 4.01. The van der Waals surface area contributed by atoms with E-state index in [0.717, 1.165) is 22.3 Å². The van der Waals surface area contributed by atoms with Crippen LogP contribution >= 0.6 is 0 Å². The molecule has 3 rings (SSSR count).